The molecule has 1 saturated carbocycles. The first-order chi connectivity index (χ1) is 7.83. The van der Waals surface area contributed by atoms with Crippen molar-refractivity contribution in [2.75, 3.05) is 19.3 Å². The summed E-state index contributed by atoms with van der Waals surface area (Å²) < 4.78 is 2.92. The van der Waals surface area contributed by atoms with Gasteiger partial charge in [0.15, 0.2) is 0 Å². The van der Waals surface area contributed by atoms with Crippen LogP contribution in [0.15, 0.2) is 12.5 Å². The fourth-order valence-electron chi connectivity index (χ4n) is 2.59. The minimum Gasteiger partial charge on any atom is -0.333 e. The van der Waals surface area contributed by atoms with E-state index in [2.05, 4.69) is 27.3 Å². The van der Waals surface area contributed by atoms with E-state index < -0.39 is 0 Å². The summed E-state index contributed by atoms with van der Waals surface area (Å²) in [6.07, 6.45) is 10.3. The highest BCUT2D eigenvalue weighted by Crippen LogP contribution is 2.48. The molecule has 1 aliphatic carbocycles. The second-order valence-electron chi connectivity index (χ2n) is 5.02. The Morgan fingerprint density at radius 1 is 1.62 bits per heavy atom. The van der Waals surface area contributed by atoms with Gasteiger partial charge in [0.1, 0.15) is 0 Å². The van der Waals surface area contributed by atoms with E-state index in [0.717, 1.165) is 19.6 Å². The first-order valence-corrected chi connectivity index (χ1v) is 7.31. The standard InChI is InChI=1S/C12H19N3S/c1-16-12(3-4-12)8-15-9-14-7-11(15)10-2-5-13-6-10/h7,9-10,13H,2-6,8H2,1H3. The van der Waals surface area contributed by atoms with Crippen LogP contribution in [-0.4, -0.2) is 33.6 Å². The van der Waals surface area contributed by atoms with Crippen molar-refractivity contribution in [2.45, 2.75) is 36.5 Å². The van der Waals surface area contributed by atoms with Gasteiger partial charge < -0.3 is 9.88 Å². The van der Waals surface area contributed by atoms with Crippen LogP contribution in [0, 0.1) is 0 Å². The molecule has 1 aromatic rings. The molecule has 0 bridgehead atoms. The minimum absolute atomic E-state index is 0.529. The first-order valence-electron chi connectivity index (χ1n) is 6.09. The van der Waals surface area contributed by atoms with Gasteiger partial charge in [-0.1, -0.05) is 0 Å². The lowest BCUT2D eigenvalue weighted by Crippen LogP contribution is -2.17. The lowest BCUT2D eigenvalue weighted by molar-refractivity contribution is 0.593. The second kappa shape index (κ2) is 4.08. The number of thioether (sulfide) groups is 1. The Kier molecular flexibility index (Phi) is 2.72. The highest BCUT2D eigenvalue weighted by Gasteiger charge is 2.42. The largest absolute Gasteiger partial charge is 0.333 e. The Hall–Kier alpha value is -0.480. The zero-order chi connectivity index (χ0) is 11.0. The summed E-state index contributed by atoms with van der Waals surface area (Å²) in [4.78, 5) is 4.34. The van der Waals surface area contributed by atoms with Gasteiger partial charge in [-0.25, -0.2) is 4.98 Å². The van der Waals surface area contributed by atoms with E-state index in [1.165, 1.54) is 25.0 Å². The molecule has 1 N–H and O–H groups in total. The Balaban J connectivity index is 1.77. The predicted octanol–water partition coefficient (Wildman–Crippen LogP) is 1.86. The molecule has 4 heteroatoms. The molecule has 16 heavy (non-hydrogen) atoms. The van der Waals surface area contributed by atoms with Crippen LogP contribution in [0.4, 0.5) is 0 Å². The number of rotatable bonds is 4. The summed E-state index contributed by atoms with van der Waals surface area (Å²) in [5, 5.41) is 3.43. The van der Waals surface area contributed by atoms with Gasteiger partial charge in [0.25, 0.3) is 0 Å². The third-order valence-electron chi connectivity index (χ3n) is 3.92. The summed E-state index contributed by atoms with van der Waals surface area (Å²) >= 11 is 2.02. The van der Waals surface area contributed by atoms with Gasteiger partial charge in [-0.05, 0) is 32.1 Å². The Morgan fingerprint density at radius 3 is 3.12 bits per heavy atom. The van der Waals surface area contributed by atoms with E-state index >= 15 is 0 Å². The molecular weight excluding hydrogens is 218 g/mol. The molecule has 1 atom stereocenters. The van der Waals surface area contributed by atoms with Gasteiger partial charge in [-0.2, -0.15) is 11.8 Å². The average Bonchev–Trinajstić information content (AvgIpc) is 2.71. The Labute approximate surface area is 101 Å². The molecule has 2 fully saturated rings. The molecule has 1 aromatic heterocycles. The van der Waals surface area contributed by atoms with Crippen LogP contribution in [0.3, 0.4) is 0 Å². The quantitative estimate of drug-likeness (QED) is 0.867. The molecule has 0 radical (unpaired) electrons. The van der Waals surface area contributed by atoms with Gasteiger partial charge in [0.2, 0.25) is 0 Å². The first kappa shape index (κ1) is 10.7. The van der Waals surface area contributed by atoms with Gasteiger partial charge in [-0.15, -0.1) is 0 Å². The maximum atomic E-state index is 4.34. The van der Waals surface area contributed by atoms with Crippen molar-refractivity contribution >= 4 is 11.8 Å². The number of nitrogens with zero attached hydrogens (tertiary/aromatic N) is 2. The van der Waals surface area contributed by atoms with Crippen molar-refractivity contribution in [1.82, 2.24) is 14.9 Å². The van der Waals surface area contributed by atoms with Gasteiger partial charge in [-0.3, -0.25) is 0 Å². The highest BCUT2D eigenvalue weighted by atomic mass is 32.2. The van der Waals surface area contributed by atoms with Gasteiger partial charge in [0.05, 0.1) is 6.33 Å². The van der Waals surface area contributed by atoms with Crippen molar-refractivity contribution in [2.24, 2.45) is 0 Å². The highest BCUT2D eigenvalue weighted by molar-refractivity contribution is 8.00. The number of aromatic nitrogens is 2. The van der Waals surface area contributed by atoms with Crippen LogP contribution in [-0.2, 0) is 6.54 Å². The van der Waals surface area contributed by atoms with E-state index in [9.17, 15) is 0 Å². The van der Waals surface area contributed by atoms with Crippen LogP contribution in [0.2, 0.25) is 0 Å². The number of hydrogen-bond donors (Lipinski definition) is 1. The molecule has 0 spiro atoms. The molecule has 0 aromatic carbocycles. The topological polar surface area (TPSA) is 29.9 Å². The summed E-state index contributed by atoms with van der Waals surface area (Å²) in [6, 6.07) is 0. The third kappa shape index (κ3) is 1.89. The molecular formula is C12H19N3S. The molecule has 1 unspecified atom stereocenters. The Morgan fingerprint density at radius 2 is 2.50 bits per heavy atom. The molecule has 88 valence electrons. The summed E-state index contributed by atoms with van der Waals surface area (Å²) in [6.45, 7) is 3.43. The van der Waals surface area contributed by atoms with E-state index in [1.54, 1.807) is 0 Å². The maximum Gasteiger partial charge on any atom is 0.0948 e. The second-order valence-corrected chi connectivity index (χ2v) is 6.30. The fourth-order valence-corrected chi connectivity index (χ4v) is 3.37. The van der Waals surface area contributed by atoms with E-state index in [-0.39, 0.29) is 0 Å². The lowest BCUT2D eigenvalue weighted by atomic mass is 10.1. The maximum absolute atomic E-state index is 4.34. The van der Waals surface area contributed by atoms with Crippen LogP contribution in [0.25, 0.3) is 0 Å². The minimum atomic E-state index is 0.529. The molecule has 2 aliphatic rings. The van der Waals surface area contributed by atoms with Crippen molar-refractivity contribution in [3.8, 4) is 0 Å². The summed E-state index contributed by atoms with van der Waals surface area (Å²) in [5.74, 6) is 0.681. The summed E-state index contributed by atoms with van der Waals surface area (Å²) in [5.41, 5.74) is 1.44. The zero-order valence-corrected chi connectivity index (χ0v) is 10.6. The predicted molar refractivity (Wildman–Crippen MR) is 67.9 cm³/mol. The molecule has 3 rings (SSSR count). The van der Waals surface area contributed by atoms with Crippen molar-refractivity contribution in [1.29, 1.82) is 0 Å². The average molecular weight is 237 g/mol. The van der Waals surface area contributed by atoms with E-state index in [0.29, 0.717) is 10.7 Å². The number of nitrogens with one attached hydrogen (secondary N) is 1. The van der Waals surface area contributed by atoms with E-state index in [1.807, 2.05) is 18.1 Å². The Bertz CT molecular complexity index is 364. The molecule has 3 nitrogen and oxygen atoms in total. The fraction of sp³-hybridized carbons (Fsp3) is 0.750. The number of imidazole rings is 1. The number of hydrogen-bond acceptors (Lipinski definition) is 3. The lowest BCUT2D eigenvalue weighted by Gasteiger charge is -2.17. The molecule has 1 aliphatic heterocycles. The smallest absolute Gasteiger partial charge is 0.0948 e. The van der Waals surface area contributed by atoms with Crippen molar-refractivity contribution in [3.63, 3.8) is 0 Å². The summed E-state index contributed by atoms with van der Waals surface area (Å²) in [7, 11) is 0. The van der Waals surface area contributed by atoms with Crippen LogP contribution >= 0.6 is 11.8 Å². The van der Waals surface area contributed by atoms with Crippen LogP contribution in [0.1, 0.15) is 30.9 Å². The monoisotopic (exact) mass is 237 g/mol. The van der Waals surface area contributed by atoms with Crippen LogP contribution < -0.4 is 5.32 Å². The molecule has 1 saturated heterocycles. The molecule has 0 amide bonds. The van der Waals surface area contributed by atoms with Gasteiger partial charge in [0, 0.05) is 35.6 Å². The van der Waals surface area contributed by atoms with Crippen molar-refractivity contribution in [3.05, 3.63) is 18.2 Å². The van der Waals surface area contributed by atoms with Gasteiger partial charge >= 0.3 is 0 Å². The van der Waals surface area contributed by atoms with Crippen LogP contribution in [0.5, 0.6) is 0 Å². The third-order valence-corrected chi connectivity index (χ3v) is 5.33. The van der Waals surface area contributed by atoms with Crippen molar-refractivity contribution < 1.29 is 0 Å². The SMILES string of the molecule is CSC1(Cn2cncc2C2CCNC2)CC1. The molecule has 2 heterocycles. The van der Waals surface area contributed by atoms with E-state index in [4.69, 9.17) is 0 Å². The normalized spacial score (nSPS) is 27.2. The zero-order valence-electron chi connectivity index (χ0n) is 9.78.